The van der Waals surface area contributed by atoms with Crippen molar-refractivity contribution < 1.29 is 14.3 Å². The van der Waals surface area contributed by atoms with Gasteiger partial charge in [0, 0.05) is 6.04 Å². The molecule has 2 unspecified atom stereocenters. The van der Waals surface area contributed by atoms with Gasteiger partial charge in [-0.15, -0.1) is 0 Å². The second-order valence-corrected chi connectivity index (χ2v) is 7.51. The van der Waals surface area contributed by atoms with E-state index in [9.17, 15) is 14.3 Å². The first-order chi connectivity index (χ1) is 10.9. The molecule has 2 N–H and O–H groups in total. The van der Waals surface area contributed by atoms with Crippen molar-refractivity contribution in [3.8, 4) is 6.07 Å². The summed E-state index contributed by atoms with van der Waals surface area (Å²) in [7, 11) is 0. The molecule has 1 aromatic heterocycles. The summed E-state index contributed by atoms with van der Waals surface area (Å²) in [6.45, 7) is 0. The molecule has 3 aliphatic rings. The number of nitriles is 1. The Labute approximate surface area is 151 Å². The number of aromatic nitrogens is 1. The number of pyridine rings is 1. The van der Waals surface area contributed by atoms with Gasteiger partial charge in [-0.25, -0.2) is 9.37 Å². The summed E-state index contributed by atoms with van der Waals surface area (Å²) < 4.78 is 14.6. The van der Waals surface area contributed by atoms with Crippen LogP contribution in [0.4, 0.5) is 10.2 Å². The molecular weight excluding hydrogens is 436 g/mol. The van der Waals surface area contributed by atoms with Gasteiger partial charge in [0.15, 0.2) is 16.8 Å². The van der Waals surface area contributed by atoms with Crippen molar-refractivity contribution in [2.24, 2.45) is 17.8 Å². The van der Waals surface area contributed by atoms with E-state index in [0.717, 1.165) is 25.7 Å². The molecule has 5 nitrogen and oxygen atoms in total. The maximum atomic E-state index is 14.5. The molecule has 1 aromatic rings. The Balaban J connectivity index is 1.95. The second-order valence-electron chi connectivity index (χ2n) is 6.07. The first-order valence-corrected chi connectivity index (χ1v) is 8.83. The Morgan fingerprint density at radius 1 is 1.39 bits per heavy atom. The van der Waals surface area contributed by atoms with E-state index in [2.05, 4.69) is 10.3 Å². The number of carboxylic acids is 1. The number of anilines is 1. The average Bonchev–Trinajstić information content (AvgIpc) is 2.53. The predicted molar refractivity (Wildman–Crippen MR) is 90.6 cm³/mol. The number of nitrogens with zero attached hydrogens (tertiary/aromatic N) is 2. The van der Waals surface area contributed by atoms with Crippen LogP contribution in [0.15, 0.2) is 0 Å². The summed E-state index contributed by atoms with van der Waals surface area (Å²) in [4.78, 5) is 15.6. The molecule has 0 aromatic carbocycles. The lowest BCUT2D eigenvalue weighted by molar-refractivity contribution is -0.148. The van der Waals surface area contributed by atoms with Crippen LogP contribution in [-0.2, 0) is 4.79 Å². The first kappa shape index (κ1) is 16.7. The summed E-state index contributed by atoms with van der Waals surface area (Å²) in [5.74, 6) is -1.82. The first-order valence-electron chi connectivity index (χ1n) is 7.38. The highest BCUT2D eigenvalue weighted by molar-refractivity contribution is 14.1. The number of carbonyl (C=O) groups is 1. The fourth-order valence-corrected chi connectivity index (χ4v) is 4.88. The topological polar surface area (TPSA) is 86.0 Å². The Bertz CT molecular complexity index is 701. The van der Waals surface area contributed by atoms with E-state index in [1.807, 2.05) is 6.07 Å². The quantitative estimate of drug-likeness (QED) is 0.543. The minimum Gasteiger partial charge on any atom is -0.481 e. The maximum absolute atomic E-state index is 14.5. The molecule has 3 aliphatic carbocycles. The number of carboxylic acid groups (broad SMARTS) is 1. The molecule has 8 heteroatoms. The summed E-state index contributed by atoms with van der Waals surface area (Å²) in [6, 6.07) is 1.47. The van der Waals surface area contributed by atoms with Crippen molar-refractivity contribution in [3.63, 3.8) is 0 Å². The number of rotatable bonds is 3. The summed E-state index contributed by atoms with van der Waals surface area (Å²) in [6.07, 6.45) is 3.69. The van der Waals surface area contributed by atoms with Gasteiger partial charge in [-0.2, -0.15) is 5.26 Å². The highest BCUT2D eigenvalue weighted by Crippen LogP contribution is 2.46. The predicted octanol–water partition coefficient (Wildman–Crippen LogP) is 3.65. The van der Waals surface area contributed by atoms with Crippen LogP contribution in [0.5, 0.6) is 0 Å². The van der Waals surface area contributed by atoms with Crippen LogP contribution in [-0.4, -0.2) is 22.1 Å². The van der Waals surface area contributed by atoms with Gasteiger partial charge in [0.05, 0.1) is 9.49 Å². The Morgan fingerprint density at radius 2 is 2.00 bits per heavy atom. The van der Waals surface area contributed by atoms with Crippen LogP contribution in [0, 0.1) is 38.5 Å². The van der Waals surface area contributed by atoms with Crippen molar-refractivity contribution in [2.75, 3.05) is 5.32 Å². The highest BCUT2D eigenvalue weighted by Gasteiger charge is 2.47. The maximum Gasteiger partial charge on any atom is 0.308 e. The van der Waals surface area contributed by atoms with Crippen molar-refractivity contribution in [3.05, 3.63) is 20.1 Å². The van der Waals surface area contributed by atoms with Gasteiger partial charge in [-0.05, 0) is 60.1 Å². The molecule has 0 spiro atoms. The molecule has 0 saturated heterocycles. The molecule has 23 heavy (non-hydrogen) atoms. The van der Waals surface area contributed by atoms with Crippen LogP contribution >= 0.6 is 34.2 Å². The second kappa shape index (κ2) is 6.40. The van der Waals surface area contributed by atoms with E-state index >= 15 is 0 Å². The number of hydrogen-bond donors (Lipinski definition) is 2. The summed E-state index contributed by atoms with van der Waals surface area (Å²) in [5.41, 5.74) is -0.00438. The van der Waals surface area contributed by atoms with Gasteiger partial charge in [-0.1, -0.05) is 11.6 Å². The average molecular weight is 450 g/mol. The molecule has 2 atom stereocenters. The van der Waals surface area contributed by atoms with Gasteiger partial charge >= 0.3 is 5.97 Å². The molecule has 4 rings (SSSR count). The lowest BCUT2D eigenvalue weighted by atomic mass is 9.61. The lowest BCUT2D eigenvalue weighted by Gasteiger charge is -2.47. The van der Waals surface area contributed by atoms with E-state index in [1.54, 1.807) is 22.6 Å². The third-order valence-electron chi connectivity index (χ3n) is 4.96. The van der Waals surface area contributed by atoms with Gasteiger partial charge < -0.3 is 10.4 Å². The molecule has 1 heterocycles. The molecular formula is C15H14ClFIN3O2. The minimum absolute atomic E-state index is 0.00438. The smallest absolute Gasteiger partial charge is 0.308 e. The van der Waals surface area contributed by atoms with Crippen molar-refractivity contribution in [1.29, 1.82) is 5.26 Å². The van der Waals surface area contributed by atoms with Crippen LogP contribution in [0.3, 0.4) is 0 Å². The Morgan fingerprint density at radius 3 is 2.57 bits per heavy atom. The Kier molecular flexibility index (Phi) is 4.65. The monoisotopic (exact) mass is 449 g/mol. The third kappa shape index (κ3) is 2.87. The van der Waals surface area contributed by atoms with Crippen molar-refractivity contribution in [1.82, 2.24) is 4.98 Å². The van der Waals surface area contributed by atoms with E-state index in [0.29, 0.717) is 0 Å². The van der Waals surface area contributed by atoms with E-state index in [-0.39, 0.29) is 38.0 Å². The fourth-order valence-electron chi connectivity index (χ4n) is 3.87. The molecule has 3 saturated carbocycles. The van der Waals surface area contributed by atoms with Crippen LogP contribution in [0.1, 0.15) is 31.2 Å². The number of fused-ring (bicyclic) bond motifs is 3. The molecule has 3 fully saturated rings. The van der Waals surface area contributed by atoms with Crippen molar-refractivity contribution >= 4 is 46.0 Å². The SMILES string of the molecule is N#Cc1c(Cl)nc(NC2C3CCC(CC3)C2C(=O)O)c(F)c1I. The van der Waals surface area contributed by atoms with Gasteiger partial charge in [0.2, 0.25) is 0 Å². The van der Waals surface area contributed by atoms with Gasteiger partial charge in [-0.3, -0.25) is 4.79 Å². The number of hydrogen-bond acceptors (Lipinski definition) is 4. The zero-order valence-electron chi connectivity index (χ0n) is 12.0. The molecule has 0 radical (unpaired) electrons. The fraction of sp³-hybridized carbons (Fsp3) is 0.533. The third-order valence-corrected chi connectivity index (χ3v) is 6.24. The normalized spacial score (nSPS) is 29.1. The standard InChI is InChI=1S/C15H14ClFIN3O2/c16-13-8(5-19)11(18)10(17)14(21-13)20-12-7-3-1-6(2-4-7)9(12)15(22)23/h6-7,9,12H,1-4H2,(H,20,21)(H,22,23). The molecule has 0 amide bonds. The van der Waals surface area contributed by atoms with Crippen LogP contribution in [0.2, 0.25) is 5.15 Å². The van der Waals surface area contributed by atoms with Gasteiger partial charge in [0.1, 0.15) is 11.6 Å². The van der Waals surface area contributed by atoms with Gasteiger partial charge in [0.25, 0.3) is 0 Å². The Hall–Kier alpha value is -1.14. The number of halogens is 3. The van der Waals surface area contributed by atoms with Crippen LogP contribution < -0.4 is 5.32 Å². The highest BCUT2D eigenvalue weighted by atomic mass is 127. The molecule has 2 bridgehead atoms. The van der Waals surface area contributed by atoms with Crippen LogP contribution in [0.25, 0.3) is 0 Å². The zero-order chi connectivity index (χ0) is 16.7. The number of aliphatic carboxylic acids is 1. The minimum atomic E-state index is -0.855. The van der Waals surface area contributed by atoms with E-state index < -0.39 is 17.7 Å². The number of nitrogens with one attached hydrogen (secondary N) is 1. The van der Waals surface area contributed by atoms with E-state index in [4.69, 9.17) is 16.9 Å². The molecule has 122 valence electrons. The molecule has 0 aliphatic heterocycles. The summed E-state index contributed by atoms with van der Waals surface area (Å²) >= 11 is 7.66. The lowest BCUT2D eigenvalue weighted by Crippen LogP contribution is -2.51. The largest absolute Gasteiger partial charge is 0.481 e. The zero-order valence-corrected chi connectivity index (χ0v) is 14.9. The van der Waals surface area contributed by atoms with Crippen molar-refractivity contribution in [2.45, 2.75) is 31.7 Å². The van der Waals surface area contributed by atoms with E-state index in [1.165, 1.54) is 0 Å². The summed E-state index contributed by atoms with van der Waals surface area (Å²) in [5, 5.41) is 21.4.